The summed E-state index contributed by atoms with van der Waals surface area (Å²) in [5.74, 6) is -0.0280. The maximum atomic E-state index is 11.9. The smallest absolute Gasteiger partial charge is 0.380 e. The van der Waals surface area contributed by atoms with Gasteiger partial charge in [0, 0.05) is 35.2 Å². The van der Waals surface area contributed by atoms with Gasteiger partial charge >= 0.3 is 23.5 Å². The van der Waals surface area contributed by atoms with Crippen LogP contribution in [0.2, 0.25) is 0 Å². The zero-order chi connectivity index (χ0) is 28.3. The highest BCUT2D eigenvalue weighted by molar-refractivity contribution is 8.77. The van der Waals surface area contributed by atoms with Crippen molar-refractivity contribution in [2.45, 2.75) is 56.1 Å². The highest BCUT2D eigenvalue weighted by Crippen LogP contribution is 2.66. The number of carbonyl (C=O) groups excluding carboxylic acids is 1. The highest BCUT2D eigenvalue weighted by atomic mass is 33.1. The van der Waals surface area contributed by atoms with Gasteiger partial charge in [0.15, 0.2) is 0 Å². The third-order valence-corrected chi connectivity index (χ3v) is 10.8. The van der Waals surface area contributed by atoms with E-state index < -0.39 is 48.3 Å². The van der Waals surface area contributed by atoms with Crippen molar-refractivity contribution in [2.24, 2.45) is 5.11 Å². The van der Waals surface area contributed by atoms with E-state index in [1.807, 2.05) is 13.8 Å². The van der Waals surface area contributed by atoms with Gasteiger partial charge in [-0.05, 0) is 32.2 Å². The van der Waals surface area contributed by atoms with Gasteiger partial charge in [-0.3, -0.25) is 9.32 Å². The summed E-state index contributed by atoms with van der Waals surface area (Å²) in [5.41, 5.74) is 8.22. The van der Waals surface area contributed by atoms with E-state index in [1.165, 1.54) is 21.6 Å². The summed E-state index contributed by atoms with van der Waals surface area (Å²) in [7, 11) is -7.95. The zero-order valence-corrected chi connectivity index (χ0v) is 24.0. The van der Waals surface area contributed by atoms with Crippen molar-refractivity contribution in [3.8, 4) is 0 Å². The predicted molar refractivity (Wildman–Crippen MR) is 134 cm³/mol. The Morgan fingerprint density at radius 1 is 1.24 bits per heavy atom. The molecule has 0 aromatic carbocycles. The molecular formula is C14H28BN4O13P3S2. The van der Waals surface area contributed by atoms with E-state index in [0.29, 0.717) is 13.0 Å². The van der Waals surface area contributed by atoms with E-state index in [4.69, 9.17) is 32.6 Å². The predicted octanol–water partition coefficient (Wildman–Crippen LogP) is 2.32. The van der Waals surface area contributed by atoms with Gasteiger partial charge in [0.1, 0.15) is 19.9 Å². The fraction of sp³-hybridized carbons (Fsp3) is 0.929. The standard InChI is InChI=1S/C14H28BN4O13P3S2/c1-14(2,8-17-13(20)4-3-5-18-19-16)37-36-9-28-10-6-12(15)30-11(10)7-29-34(24,25)32-35(26,27)31-33(21,22)23/h10-12H,3-9H2,1-2H3,(H,17,20)(H,24,25)(H,26,27)(H2,21,22,23)/t10?,11-,12-/m1/s1. The second-order valence-electron chi connectivity index (χ2n) is 7.95. The normalized spacial score (nSPS) is 23.6. The van der Waals surface area contributed by atoms with Crippen molar-refractivity contribution in [2.75, 3.05) is 25.6 Å². The van der Waals surface area contributed by atoms with E-state index >= 15 is 0 Å². The van der Waals surface area contributed by atoms with Crippen LogP contribution in [-0.4, -0.2) is 81.9 Å². The Labute approximate surface area is 222 Å². The van der Waals surface area contributed by atoms with Crippen molar-refractivity contribution in [1.82, 2.24) is 5.32 Å². The topological polar surface area (TPSA) is 256 Å². The van der Waals surface area contributed by atoms with Crippen LogP contribution in [0.3, 0.4) is 0 Å². The third kappa shape index (κ3) is 16.5. The number of nitrogens with zero attached hydrogens (tertiary/aromatic N) is 3. The molecule has 0 aromatic heterocycles. The number of phosphoric acid groups is 3. The molecule has 17 nitrogen and oxygen atoms in total. The third-order valence-electron chi connectivity index (χ3n) is 4.10. The molecule has 3 unspecified atom stereocenters. The van der Waals surface area contributed by atoms with Crippen LogP contribution in [0.4, 0.5) is 0 Å². The summed E-state index contributed by atoms with van der Waals surface area (Å²) in [6.45, 7) is 3.75. The van der Waals surface area contributed by atoms with Crippen LogP contribution in [0.5, 0.6) is 0 Å². The number of azide groups is 1. The molecule has 2 radical (unpaired) electrons. The largest absolute Gasteiger partial charge is 0.490 e. The summed E-state index contributed by atoms with van der Waals surface area (Å²) >= 11 is 0. The molecule has 37 heavy (non-hydrogen) atoms. The fourth-order valence-corrected chi connectivity index (χ4v) is 7.83. The Balaban J connectivity index is 2.44. The van der Waals surface area contributed by atoms with Gasteiger partial charge in [0.05, 0.1) is 12.7 Å². The van der Waals surface area contributed by atoms with Gasteiger partial charge < -0.3 is 34.4 Å². The van der Waals surface area contributed by atoms with Crippen molar-refractivity contribution >= 4 is 58.8 Å². The van der Waals surface area contributed by atoms with Crippen molar-refractivity contribution in [3.63, 3.8) is 0 Å². The van der Waals surface area contributed by atoms with Gasteiger partial charge in [0.25, 0.3) is 0 Å². The molecule has 0 spiro atoms. The zero-order valence-electron chi connectivity index (χ0n) is 19.7. The molecule has 1 aliphatic rings. The molecule has 5 atom stereocenters. The number of phosphoric ester groups is 1. The molecule has 0 aromatic rings. The molecule has 5 N–H and O–H groups in total. The van der Waals surface area contributed by atoms with E-state index in [-0.39, 0.29) is 36.0 Å². The van der Waals surface area contributed by atoms with Crippen LogP contribution in [0.15, 0.2) is 5.11 Å². The first-order valence-electron chi connectivity index (χ1n) is 10.3. The van der Waals surface area contributed by atoms with Gasteiger partial charge in [-0.2, -0.15) is 8.62 Å². The number of amides is 1. The highest BCUT2D eigenvalue weighted by Gasteiger charge is 2.42. The molecule has 23 heteroatoms. The van der Waals surface area contributed by atoms with Crippen molar-refractivity contribution < 1.29 is 60.7 Å². The molecule has 1 fully saturated rings. The lowest BCUT2D eigenvalue weighted by Gasteiger charge is -2.24. The molecule has 1 aliphatic heterocycles. The number of carbonyl (C=O) groups is 1. The van der Waals surface area contributed by atoms with Crippen LogP contribution < -0.4 is 5.32 Å². The van der Waals surface area contributed by atoms with Crippen molar-refractivity contribution in [1.29, 1.82) is 0 Å². The average molecular weight is 628 g/mol. The summed E-state index contributed by atoms with van der Waals surface area (Å²) < 4.78 is 56.5. The maximum absolute atomic E-state index is 11.9. The summed E-state index contributed by atoms with van der Waals surface area (Å²) in [5, 5.41) is 6.16. The molecule has 0 bridgehead atoms. The Morgan fingerprint density at radius 2 is 1.92 bits per heavy atom. The van der Waals surface area contributed by atoms with E-state index in [9.17, 15) is 28.3 Å². The van der Waals surface area contributed by atoms with Crippen LogP contribution in [0.1, 0.15) is 33.1 Å². The fourth-order valence-electron chi connectivity index (χ4n) is 2.62. The summed E-state index contributed by atoms with van der Waals surface area (Å²) in [4.78, 5) is 50.4. The number of rotatable bonds is 18. The number of hydrogen-bond donors (Lipinski definition) is 5. The van der Waals surface area contributed by atoms with Gasteiger partial charge in [0.2, 0.25) is 5.91 Å². The minimum atomic E-state index is -5.63. The second-order valence-corrected chi connectivity index (χ2v) is 15.3. The van der Waals surface area contributed by atoms with Gasteiger partial charge in [-0.25, -0.2) is 13.7 Å². The molecule has 1 rings (SSSR count). The molecule has 1 heterocycles. The lowest BCUT2D eigenvalue weighted by atomic mass is 9.96. The van der Waals surface area contributed by atoms with E-state index in [1.54, 1.807) is 0 Å². The first kappa shape index (κ1) is 34.9. The number of ether oxygens (including phenoxy) is 2. The number of nitrogens with one attached hydrogen (secondary N) is 1. The first-order valence-corrected chi connectivity index (χ1v) is 17.2. The lowest BCUT2D eigenvalue weighted by Crippen LogP contribution is -2.35. The molecule has 212 valence electrons. The minimum absolute atomic E-state index is 0.140. The first-order chi connectivity index (χ1) is 16.9. The Morgan fingerprint density at radius 3 is 2.54 bits per heavy atom. The van der Waals surface area contributed by atoms with Crippen molar-refractivity contribution in [3.05, 3.63) is 10.4 Å². The maximum Gasteiger partial charge on any atom is 0.490 e. The van der Waals surface area contributed by atoms with Crippen LogP contribution >= 0.6 is 45.1 Å². The molecule has 1 amide bonds. The quantitative estimate of drug-likeness (QED) is 0.0213. The Hall–Kier alpha value is -0.125. The van der Waals surface area contributed by atoms with E-state index in [2.05, 4.69) is 28.5 Å². The minimum Gasteiger partial charge on any atom is -0.380 e. The second kappa shape index (κ2) is 15.6. The molecule has 0 aliphatic carbocycles. The molecule has 0 saturated carbocycles. The summed E-state index contributed by atoms with van der Waals surface area (Å²) in [6.07, 6.45) is -0.775. The van der Waals surface area contributed by atoms with Gasteiger partial charge in [-0.15, -0.1) is 0 Å². The Kier molecular flexibility index (Phi) is 14.7. The molecule has 1 saturated heterocycles. The van der Waals surface area contributed by atoms with Crippen LogP contribution in [0, 0.1) is 0 Å². The lowest BCUT2D eigenvalue weighted by molar-refractivity contribution is -0.121. The molecular weight excluding hydrogens is 600 g/mol. The average Bonchev–Trinajstić information content (AvgIpc) is 3.08. The monoisotopic (exact) mass is 628 g/mol. The van der Waals surface area contributed by atoms with Gasteiger partial charge in [-0.1, -0.05) is 26.7 Å². The SMILES string of the molecule is [B][C@H]1CC(OCSSC(C)(C)CNC(=O)CCCN=[N+]=[N-])[C@@H](COP(=O)(O)OP(=O)(O)OP(=O)(O)O)O1. The van der Waals surface area contributed by atoms with Crippen LogP contribution in [0.25, 0.3) is 10.4 Å². The number of hydrogen-bond acceptors (Lipinski definition) is 12. The van der Waals surface area contributed by atoms with Crippen LogP contribution in [-0.2, 0) is 41.1 Å². The van der Waals surface area contributed by atoms with E-state index in [0.717, 1.165) is 0 Å². The Bertz CT molecular complexity index is 954. The summed E-state index contributed by atoms with van der Waals surface area (Å²) in [6, 6.07) is -0.789.